The number of hydrogen-bond acceptors (Lipinski definition) is 2. The first-order valence-electron chi connectivity index (χ1n) is 7.25. The number of para-hydroxylation sites is 1. The molecule has 0 amide bonds. The Morgan fingerprint density at radius 3 is 2.86 bits per heavy atom. The number of nitrogens with one attached hydrogen (secondary N) is 1. The highest BCUT2D eigenvalue weighted by Crippen LogP contribution is 2.39. The van der Waals surface area contributed by atoms with Crippen molar-refractivity contribution in [3.8, 4) is 11.3 Å². The number of furan rings is 1. The Balaban J connectivity index is 1.90. The molecule has 0 bridgehead atoms. The zero-order chi connectivity index (χ0) is 14.4. The van der Waals surface area contributed by atoms with E-state index in [1.165, 1.54) is 17.2 Å². The third-order valence-electron chi connectivity index (χ3n) is 4.38. The quantitative estimate of drug-likeness (QED) is 0.751. The van der Waals surface area contributed by atoms with Gasteiger partial charge in [0.1, 0.15) is 5.76 Å². The van der Waals surface area contributed by atoms with Crippen LogP contribution in [0.15, 0.2) is 46.9 Å². The third kappa shape index (κ3) is 1.88. The molecule has 1 heterocycles. The minimum absolute atomic E-state index is 0.306. The highest BCUT2D eigenvalue weighted by Gasteiger charge is 2.24. The molecule has 1 aliphatic carbocycles. The Labute approximate surface area is 122 Å². The summed E-state index contributed by atoms with van der Waals surface area (Å²) in [5.41, 5.74) is 4.07. The molecule has 106 valence electrons. The van der Waals surface area contributed by atoms with Crippen LogP contribution in [-0.2, 0) is 6.42 Å². The van der Waals surface area contributed by atoms with Gasteiger partial charge in [-0.2, -0.15) is 0 Å². The second kappa shape index (κ2) is 4.71. The summed E-state index contributed by atoms with van der Waals surface area (Å²) in [6.45, 7) is 0. The first kappa shape index (κ1) is 12.6. The van der Waals surface area contributed by atoms with Crippen molar-refractivity contribution in [1.29, 1.82) is 0 Å². The van der Waals surface area contributed by atoms with Crippen molar-refractivity contribution < 1.29 is 8.81 Å². The molecule has 2 aromatic carbocycles. The Morgan fingerprint density at radius 1 is 1.19 bits per heavy atom. The van der Waals surface area contributed by atoms with Crippen LogP contribution in [0.4, 0.5) is 4.39 Å². The molecule has 0 fully saturated rings. The van der Waals surface area contributed by atoms with Crippen LogP contribution < -0.4 is 5.32 Å². The maximum atomic E-state index is 13.8. The number of rotatable bonds is 2. The minimum atomic E-state index is -0.306. The van der Waals surface area contributed by atoms with Crippen molar-refractivity contribution in [2.24, 2.45) is 0 Å². The molecule has 1 aromatic heterocycles. The monoisotopic (exact) mass is 281 g/mol. The van der Waals surface area contributed by atoms with Crippen molar-refractivity contribution in [1.82, 2.24) is 5.32 Å². The van der Waals surface area contributed by atoms with E-state index in [2.05, 4.69) is 17.4 Å². The predicted molar refractivity (Wildman–Crippen MR) is 81.7 cm³/mol. The van der Waals surface area contributed by atoms with Gasteiger partial charge in [0.25, 0.3) is 0 Å². The smallest absolute Gasteiger partial charge is 0.170 e. The molecule has 4 rings (SSSR count). The molecule has 1 unspecified atom stereocenters. The molecule has 1 atom stereocenters. The first-order valence-corrected chi connectivity index (χ1v) is 7.25. The van der Waals surface area contributed by atoms with Gasteiger partial charge in [-0.05, 0) is 43.1 Å². The van der Waals surface area contributed by atoms with Crippen molar-refractivity contribution in [2.45, 2.75) is 18.9 Å². The largest absolute Gasteiger partial charge is 0.453 e. The molecular weight excluding hydrogens is 265 g/mol. The molecule has 0 aliphatic heterocycles. The highest BCUT2D eigenvalue weighted by molar-refractivity contribution is 5.84. The summed E-state index contributed by atoms with van der Waals surface area (Å²) in [6, 6.07) is 13.6. The van der Waals surface area contributed by atoms with Gasteiger partial charge in [0.2, 0.25) is 0 Å². The van der Waals surface area contributed by atoms with Crippen LogP contribution in [0.1, 0.15) is 23.6 Å². The summed E-state index contributed by atoms with van der Waals surface area (Å²) in [4.78, 5) is 0. The number of benzene rings is 2. The van der Waals surface area contributed by atoms with Crippen LogP contribution in [0.5, 0.6) is 0 Å². The highest BCUT2D eigenvalue weighted by atomic mass is 19.1. The topological polar surface area (TPSA) is 25.2 Å². The molecule has 3 heteroatoms. The summed E-state index contributed by atoms with van der Waals surface area (Å²) in [7, 11) is 1.99. The van der Waals surface area contributed by atoms with Gasteiger partial charge >= 0.3 is 0 Å². The standard InChI is InChI=1S/C18H16FNO/c1-20-16-9-8-12-13(16)5-3-6-14(12)17-10-11-4-2-7-15(19)18(11)21-17/h2-7,10,16,20H,8-9H2,1H3. The lowest BCUT2D eigenvalue weighted by Gasteiger charge is -2.10. The van der Waals surface area contributed by atoms with Gasteiger partial charge < -0.3 is 9.73 Å². The maximum absolute atomic E-state index is 13.8. The van der Waals surface area contributed by atoms with E-state index in [9.17, 15) is 4.39 Å². The zero-order valence-electron chi connectivity index (χ0n) is 11.8. The Bertz CT molecular complexity index is 821. The van der Waals surface area contributed by atoms with Crippen molar-refractivity contribution in [2.75, 3.05) is 7.05 Å². The second-order valence-corrected chi connectivity index (χ2v) is 5.52. The fourth-order valence-corrected chi connectivity index (χ4v) is 3.35. The molecule has 0 radical (unpaired) electrons. The van der Waals surface area contributed by atoms with Gasteiger partial charge in [0.05, 0.1) is 0 Å². The van der Waals surface area contributed by atoms with Crippen molar-refractivity contribution in [3.63, 3.8) is 0 Å². The minimum Gasteiger partial charge on any atom is -0.453 e. The maximum Gasteiger partial charge on any atom is 0.170 e. The SMILES string of the molecule is CNC1CCc2c(-c3cc4cccc(F)c4o3)cccc21. The number of fused-ring (bicyclic) bond motifs is 2. The molecule has 0 saturated carbocycles. The van der Waals surface area contributed by atoms with Crippen LogP contribution in [0.3, 0.4) is 0 Å². The number of halogens is 1. The molecule has 3 aromatic rings. The Morgan fingerprint density at radius 2 is 2.05 bits per heavy atom. The van der Waals surface area contributed by atoms with Gasteiger partial charge in [-0.25, -0.2) is 4.39 Å². The van der Waals surface area contributed by atoms with Crippen molar-refractivity contribution in [3.05, 3.63) is 59.4 Å². The van der Waals surface area contributed by atoms with Gasteiger partial charge in [0, 0.05) is 17.0 Å². The van der Waals surface area contributed by atoms with E-state index in [1.807, 2.05) is 25.2 Å². The van der Waals surface area contributed by atoms with E-state index >= 15 is 0 Å². The lowest BCUT2D eigenvalue weighted by Crippen LogP contribution is -2.12. The van der Waals surface area contributed by atoms with Gasteiger partial charge in [-0.15, -0.1) is 0 Å². The van der Waals surface area contributed by atoms with Gasteiger partial charge in [0.15, 0.2) is 11.4 Å². The third-order valence-corrected chi connectivity index (χ3v) is 4.38. The number of hydrogen-bond donors (Lipinski definition) is 1. The van der Waals surface area contributed by atoms with Crippen LogP contribution >= 0.6 is 0 Å². The molecular formula is C18H16FNO. The van der Waals surface area contributed by atoms with Gasteiger partial charge in [-0.1, -0.05) is 30.3 Å². The van der Waals surface area contributed by atoms with Crippen LogP contribution in [0, 0.1) is 5.82 Å². The normalized spacial score (nSPS) is 17.3. The molecule has 0 spiro atoms. The summed E-state index contributed by atoms with van der Waals surface area (Å²) in [6.07, 6.45) is 2.12. The zero-order valence-corrected chi connectivity index (χ0v) is 11.8. The summed E-state index contributed by atoms with van der Waals surface area (Å²) >= 11 is 0. The molecule has 0 saturated heterocycles. The Hall–Kier alpha value is -2.13. The molecule has 21 heavy (non-hydrogen) atoms. The predicted octanol–water partition coefficient (Wildman–Crippen LogP) is 4.45. The van der Waals surface area contributed by atoms with Crippen LogP contribution in [0.2, 0.25) is 0 Å². The first-order chi connectivity index (χ1) is 10.3. The average Bonchev–Trinajstić information content (AvgIpc) is 3.11. The van der Waals surface area contributed by atoms with E-state index in [0.717, 1.165) is 29.6 Å². The summed E-state index contributed by atoms with van der Waals surface area (Å²) in [5, 5.41) is 4.15. The lowest BCUT2D eigenvalue weighted by molar-refractivity contribution is 0.568. The fourth-order valence-electron chi connectivity index (χ4n) is 3.35. The van der Waals surface area contributed by atoms with E-state index in [4.69, 9.17) is 4.42 Å². The average molecular weight is 281 g/mol. The Kier molecular flexibility index (Phi) is 2.82. The molecule has 1 aliphatic rings. The second-order valence-electron chi connectivity index (χ2n) is 5.52. The summed E-state index contributed by atoms with van der Waals surface area (Å²) in [5.74, 6) is 0.447. The van der Waals surface area contributed by atoms with E-state index in [0.29, 0.717) is 11.6 Å². The summed E-state index contributed by atoms with van der Waals surface area (Å²) < 4.78 is 19.6. The molecule has 1 N–H and O–H groups in total. The lowest BCUT2D eigenvalue weighted by atomic mass is 10.0. The molecule has 2 nitrogen and oxygen atoms in total. The van der Waals surface area contributed by atoms with Crippen molar-refractivity contribution >= 4 is 11.0 Å². The van der Waals surface area contributed by atoms with E-state index in [-0.39, 0.29) is 5.82 Å². The van der Waals surface area contributed by atoms with Crippen LogP contribution in [0.25, 0.3) is 22.3 Å². The van der Waals surface area contributed by atoms with E-state index < -0.39 is 0 Å². The van der Waals surface area contributed by atoms with Crippen LogP contribution in [-0.4, -0.2) is 7.05 Å². The fraction of sp³-hybridized carbons (Fsp3) is 0.222. The van der Waals surface area contributed by atoms with E-state index in [1.54, 1.807) is 6.07 Å². The van der Waals surface area contributed by atoms with Gasteiger partial charge in [-0.3, -0.25) is 0 Å².